The fraction of sp³-hybridized carbons (Fsp3) is 0.478. The molecule has 1 unspecified atom stereocenters. The van der Waals surface area contributed by atoms with Crippen LogP contribution in [0, 0.1) is 5.82 Å². The largest absolute Gasteiger partial charge is 0.465 e. The molecule has 1 saturated heterocycles. The number of nitrogens with zero attached hydrogens (tertiary/aromatic N) is 1. The number of likely N-dealkylation sites (tertiary alicyclic amines) is 1. The van der Waals surface area contributed by atoms with Crippen LogP contribution in [0.5, 0.6) is 0 Å². The second-order valence-corrected chi connectivity index (χ2v) is 8.87. The average molecular weight is 434 g/mol. The summed E-state index contributed by atoms with van der Waals surface area (Å²) in [5, 5.41) is 10.3. The van der Waals surface area contributed by atoms with Gasteiger partial charge in [0.1, 0.15) is 10.7 Å². The van der Waals surface area contributed by atoms with Gasteiger partial charge in [-0.15, -0.1) is 11.3 Å². The average Bonchev–Trinajstić information content (AvgIpc) is 3.33. The molecule has 1 aliphatic heterocycles. The van der Waals surface area contributed by atoms with Crippen LogP contribution in [0.15, 0.2) is 36.4 Å². The Balaban J connectivity index is 1.44. The number of rotatable bonds is 10. The van der Waals surface area contributed by atoms with E-state index >= 15 is 0 Å². The maximum atomic E-state index is 13.3. The van der Waals surface area contributed by atoms with Crippen LogP contribution in [0.3, 0.4) is 0 Å². The van der Waals surface area contributed by atoms with Gasteiger partial charge in [0.2, 0.25) is 5.91 Å². The van der Waals surface area contributed by atoms with Crippen LogP contribution in [0.25, 0.3) is 0 Å². The SMILES string of the molecule is COC(=O)c1ccc(CCCN2C(=O)CC[C@@H]2CCC(O)Cc2cccc(F)c2)s1. The van der Waals surface area contributed by atoms with Crippen molar-refractivity contribution in [2.75, 3.05) is 13.7 Å². The molecule has 2 atom stereocenters. The summed E-state index contributed by atoms with van der Waals surface area (Å²) < 4.78 is 18.0. The molecular formula is C23H28FNO4S. The van der Waals surface area contributed by atoms with Gasteiger partial charge < -0.3 is 14.7 Å². The van der Waals surface area contributed by atoms with Crippen molar-refractivity contribution in [3.8, 4) is 0 Å². The Morgan fingerprint density at radius 1 is 1.37 bits per heavy atom. The van der Waals surface area contributed by atoms with Gasteiger partial charge in [0.05, 0.1) is 13.2 Å². The van der Waals surface area contributed by atoms with Crippen LogP contribution in [-0.2, 0) is 22.4 Å². The number of halogens is 1. The summed E-state index contributed by atoms with van der Waals surface area (Å²) in [6, 6.07) is 10.2. The van der Waals surface area contributed by atoms with E-state index in [-0.39, 0.29) is 23.7 Å². The summed E-state index contributed by atoms with van der Waals surface area (Å²) in [7, 11) is 1.37. The first-order valence-corrected chi connectivity index (χ1v) is 11.2. The second-order valence-electron chi connectivity index (χ2n) is 7.71. The lowest BCUT2D eigenvalue weighted by molar-refractivity contribution is -0.129. The van der Waals surface area contributed by atoms with E-state index in [4.69, 9.17) is 4.74 Å². The van der Waals surface area contributed by atoms with Crippen molar-refractivity contribution in [2.45, 2.75) is 57.1 Å². The molecule has 0 aliphatic carbocycles. The molecule has 2 aromatic rings. The normalized spacial score (nSPS) is 17.4. The van der Waals surface area contributed by atoms with Crippen molar-refractivity contribution in [3.63, 3.8) is 0 Å². The Bertz CT molecular complexity index is 868. The lowest BCUT2D eigenvalue weighted by Gasteiger charge is -2.25. The zero-order valence-corrected chi connectivity index (χ0v) is 18.0. The third-order valence-corrected chi connectivity index (χ3v) is 6.64. The third kappa shape index (κ3) is 6.12. The standard InChI is InChI=1S/C23H28FNO4S/c1-29-23(28)21-11-10-20(30-21)6-3-13-25-18(8-12-22(25)27)7-9-19(26)15-16-4-2-5-17(24)14-16/h2,4-5,10-11,14,18-19,26H,3,6-9,12-13,15H2,1H3/t18-,19?/m0/s1. The number of methoxy groups -OCH3 is 1. The fourth-order valence-electron chi connectivity index (χ4n) is 3.97. The molecule has 30 heavy (non-hydrogen) atoms. The molecule has 0 bridgehead atoms. The van der Waals surface area contributed by atoms with E-state index in [2.05, 4.69) is 0 Å². The van der Waals surface area contributed by atoms with Crippen molar-refractivity contribution in [2.24, 2.45) is 0 Å². The van der Waals surface area contributed by atoms with Gasteiger partial charge >= 0.3 is 5.97 Å². The zero-order chi connectivity index (χ0) is 21.5. The Hall–Kier alpha value is -2.25. The highest BCUT2D eigenvalue weighted by Gasteiger charge is 2.30. The minimum Gasteiger partial charge on any atom is -0.465 e. The van der Waals surface area contributed by atoms with Gasteiger partial charge in [-0.25, -0.2) is 9.18 Å². The number of hydrogen-bond acceptors (Lipinski definition) is 5. The van der Waals surface area contributed by atoms with Gasteiger partial charge in [-0.1, -0.05) is 12.1 Å². The van der Waals surface area contributed by atoms with E-state index in [1.807, 2.05) is 17.0 Å². The first-order valence-electron chi connectivity index (χ1n) is 10.3. The van der Waals surface area contributed by atoms with E-state index in [1.165, 1.54) is 30.6 Å². The topological polar surface area (TPSA) is 66.8 Å². The predicted octanol–water partition coefficient (Wildman–Crippen LogP) is 3.98. The summed E-state index contributed by atoms with van der Waals surface area (Å²) in [4.78, 5) is 27.5. The molecule has 2 heterocycles. The smallest absolute Gasteiger partial charge is 0.348 e. The van der Waals surface area contributed by atoms with Crippen LogP contribution in [0.4, 0.5) is 4.39 Å². The highest BCUT2D eigenvalue weighted by atomic mass is 32.1. The molecule has 1 amide bonds. The van der Waals surface area contributed by atoms with Gasteiger partial charge in [0, 0.05) is 23.9 Å². The number of amides is 1. The Morgan fingerprint density at radius 2 is 2.20 bits per heavy atom. The Kier molecular flexibility index (Phi) is 7.99. The van der Waals surface area contributed by atoms with Crippen molar-refractivity contribution in [1.29, 1.82) is 0 Å². The molecular weight excluding hydrogens is 405 g/mol. The van der Waals surface area contributed by atoms with E-state index in [1.54, 1.807) is 12.1 Å². The molecule has 7 heteroatoms. The van der Waals surface area contributed by atoms with Crippen LogP contribution in [-0.4, -0.2) is 47.7 Å². The van der Waals surface area contributed by atoms with Gasteiger partial charge in [0.15, 0.2) is 0 Å². The summed E-state index contributed by atoms with van der Waals surface area (Å²) in [6.45, 7) is 0.676. The van der Waals surface area contributed by atoms with Crippen molar-refractivity contribution < 1.29 is 23.8 Å². The van der Waals surface area contributed by atoms with Gasteiger partial charge in [-0.2, -0.15) is 0 Å². The minimum atomic E-state index is -0.549. The van der Waals surface area contributed by atoms with E-state index < -0.39 is 6.10 Å². The number of benzene rings is 1. The number of carbonyl (C=O) groups is 2. The van der Waals surface area contributed by atoms with Gasteiger partial charge in [-0.05, 0) is 68.4 Å². The monoisotopic (exact) mass is 433 g/mol. The molecule has 162 valence electrons. The quantitative estimate of drug-likeness (QED) is 0.576. The van der Waals surface area contributed by atoms with Crippen LogP contribution in [0.1, 0.15) is 52.2 Å². The number of thiophene rings is 1. The summed E-state index contributed by atoms with van der Waals surface area (Å²) in [6.07, 6.45) is 4.20. The molecule has 1 N–H and O–H groups in total. The maximum Gasteiger partial charge on any atom is 0.348 e. The number of hydrogen-bond donors (Lipinski definition) is 1. The van der Waals surface area contributed by atoms with Crippen molar-refractivity contribution >= 4 is 23.2 Å². The first kappa shape index (κ1) is 22.4. The second kappa shape index (κ2) is 10.7. The molecule has 0 saturated carbocycles. The number of aryl methyl sites for hydroxylation is 1. The third-order valence-electron chi connectivity index (χ3n) is 5.52. The number of ether oxygens (including phenoxy) is 1. The van der Waals surface area contributed by atoms with E-state index in [0.29, 0.717) is 30.7 Å². The highest BCUT2D eigenvalue weighted by molar-refractivity contribution is 7.13. The molecule has 0 radical (unpaired) electrons. The number of esters is 1. The lowest BCUT2D eigenvalue weighted by Crippen LogP contribution is -2.34. The Labute approximate surface area is 180 Å². The molecule has 1 aromatic carbocycles. The number of aliphatic hydroxyl groups is 1. The molecule has 1 aromatic heterocycles. The van der Waals surface area contributed by atoms with Crippen LogP contribution in [0.2, 0.25) is 0 Å². The zero-order valence-electron chi connectivity index (χ0n) is 17.2. The summed E-state index contributed by atoms with van der Waals surface area (Å²) >= 11 is 1.43. The van der Waals surface area contributed by atoms with Crippen molar-refractivity contribution in [1.82, 2.24) is 4.90 Å². The first-order chi connectivity index (χ1) is 14.5. The number of aliphatic hydroxyl groups excluding tert-OH is 1. The minimum absolute atomic E-state index is 0.147. The van der Waals surface area contributed by atoms with E-state index in [0.717, 1.165) is 36.1 Å². The molecule has 3 rings (SSSR count). The fourth-order valence-corrected chi connectivity index (χ4v) is 4.94. The van der Waals surface area contributed by atoms with Crippen molar-refractivity contribution in [3.05, 3.63) is 57.5 Å². The number of carbonyl (C=O) groups excluding carboxylic acids is 2. The highest BCUT2D eigenvalue weighted by Crippen LogP contribution is 2.25. The van der Waals surface area contributed by atoms with Gasteiger partial charge in [-0.3, -0.25) is 4.79 Å². The predicted molar refractivity (Wildman–Crippen MR) is 114 cm³/mol. The van der Waals surface area contributed by atoms with Gasteiger partial charge in [0.25, 0.3) is 0 Å². The van der Waals surface area contributed by atoms with Crippen LogP contribution < -0.4 is 0 Å². The Morgan fingerprint density at radius 3 is 2.97 bits per heavy atom. The van der Waals surface area contributed by atoms with E-state index in [9.17, 15) is 19.1 Å². The molecule has 1 fully saturated rings. The summed E-state index contributed by atoms with van der Waals surface area (Å²) in [5.74, 6) is -0.449. The molecule has 0 spiro atoms. The lowest BCUT2D eigenvalue weighted by atomic mass is 10.0. The van der Waals surface area contributed by atoms with Crippen LogP contribution >= 0.6 is 11.3 Å². The summed E-state index contributed by atoms with van der Waals surface area (Å²) in [5.41, 5.74) is 0.782. The molecule has 1 aliphatic rings. The maximum absolute atomic E-state index is 13.3. The molecule has 5 nitrogen and oxygen atoms in total.